The maximum Gasteiger partial charge on any atom is 0.244 e. The molecule has 0 amide bonds. The Morgan fingerprint density at radius 1 is 0.971 bits per heavy atom. The molecule has 0 saturated heterocycles. The van der Waals surface area contributed by atoms with E-state index in [9.17, 15) is 5.26 Å². The zero-order valence-electron chi connectivity index (χ0n) is 18.9. The molecule has 0 bridgehead atoms. The third kappa shape index (κ3) is 3.26. The van der Waals surface area contributed by atoms with Crippen LogP contribution >= 0.6 is 0 Å². The van der Waals surface area contributed by atoms with E-state index in [1.165, 1.54) is 0 Å². The highest BCUT2D eigenvalue weighted by Gasteiger charge is 2.36. The number of nitrogens with one attached hydrogen (secondary N) is 1. The van der Waals surface area contributed by atoms with Crippen LogP contribution in [-0.4, -0.2) is 31.5 Å². The van der Waals surface area contributed by atoms with E-state index in [0.29, 0.717) is 28.7 Å². The highest BCUT2D eigenvalue weighted by atomic mass is 16.5. The van der Waals surface area contributed by atoms with Crippen LogP contribution in [0.1, 0.15) is 17.0 Å². The summed E-state index contributed by atoms with van der Waals surface area (Å²) in [5.41, 5.74) is 9.49. The number of hydrogen-bond donors (Lipinski definition) is 2. The van der Waals surface area contributed by atoms with Gasteiger partial charge < -0.3 is 24.7 Å². The molecule has 4 aromatic rings. The zero-order valence-corrected chi connectivity index (χ0v) is 18.9. The van der Waals surface area contributed by atoms with Crippen LogP contribution in [0.4, 0.5) is 0 Å². The molecular formula is C26H22N4O4. The second-order valence-corrected chi connectivity index (χ2v) is 7.76. The lowest BCUT2D eigenvalue weighted by Gasteiger charge is -2.25. The van der Waals surface area contributed by atoms with Crippen molar-refractivity contribution in [2.24, 2.45) is 5.73 Å². The van der Waals surface area contributed by atoms with Gasteiger partial charge in [0, 0.05) is 5.56 Å². The molecule has 5 rings (SSSR count). The van der Waals surface area contributed by atoms with E-state index in [-0.39, 0.29) is 11.5 Å². The first-order chi connectivity index (χ1) is 16.6. The highest BCUT2D eigenvalue weighted by molar-refractivity contribution is 5.87. The summed E-state index contributed by atoms with van der Waals surface area (Å²) in [6.45, 7) is 0. The maximum absolute atomic E-state index is 10.0. The van der Waals surface area contributed by atoms with Crippen molar-refractivity contribution in [3.05, 3.63) is 77.2 Å². The number of aromatic nitrogens is 2. The van der Waals surface area contributed by atoms with Crippen LogP contribution in [0.2, 0.25) is 0 Å². The van der Waals surface area contributed by atoms with Gasteiger partial charge in [-0.05, 0) is 34.5 Å². The summed E-state index contributed by atoms with van der Waals surface area (Å²) in [6.07, 6.45) is 0. The molecule has 1 aromatic heterocycles. The normalized spacial score (nSPS) is 14.8. The number of allylic oxidation sites excluding steroid dienone is 1. The number of rotatable bonds is 5. The zero-order chi connectivity index (χ0) is 23.8. The standard InChI is InChI=1S/C26H22N4O4/c1-31-19-11-17(12-20(32-2)24(19)33-3)21-18(13-27)25(28)34-26-22(21)23(29-30-26)16-9-8-14-6-4-5-7-15(14)10-16/h4-12,21H,28H2,1-3H3,(H,29,30)/t21-/m1/s1. The Labute approximate surface area is 196 Å². The van der Waals surface area contributed by atoms with Gasteiger partial charge in [0.1, 0.15) is 11.6 Å². The number of benzene rings is 3. The number of aromatic amines is 1. The van der Waals surface area contributed by atoms with Gasteiger partial charge >= 0.3 is 0 Å². The van der Waals surface area contributed by atoms with Gasteiger partial charge in [-0.15, -0.1) is 5.10 Å². The number of hydrogen-bond acceptors (Lipinski definition) is 7. The highest BCUT2D eigenvalue weighted by Crippen LogP contribution is 2.49. The molecule has 2 heterocycles. The van der Waals surface area contributed by atoms with Crippen LogP contribution in [0.5, 0.6) is 23.1 Å². The quantitative estimate of drug-likeness (QED) is 0.457. The van der Waals surface area contributed by atoms with Gasteiger partial charge in [-0.2, -0.15) is 5.26 Å². The van der Waals surface area contributed by atoms with Gasteiger partial charge in [-0.3, -0.25) is 5.10 Å². The molecule has 8 heteroatoms. The number of methoxy groups -OCH3 is 3. The Morgan fingerprint density at radius 3 is 2.32 bits per heavy atom. The van der Waals surface area contributed by atoms with E-state index in [2.05, 4.69) is 28.4 Å². The largest absolute Gasteiger partial charge is 0.493 e. The van der Waals surface area contributed by atoms with Crippen molar-refractivity contribution in [3.8, 4) is 40.5 Å². The second-order valence-electron chi connectivity index (χ2n) is 7.76. The molecule has 0 fully saturated rings. The van der Waals surface area contributed by atoms with Crippen molar-refractivity contribution in [3.63, 3.8) is 0 Å². The molecule has 3 aromatic carbocycles. The molecule has 0 radical (unpaired) electrons. The minimum atomic E-state index is -0.567. The van der Waals surface area contributed by atoms with Crippen LogP contribution in [-0.2, 0) is 0 Å². The van der Waals surface area contributed by atoms with Gasteiger partial charge in [0.25, 0.3) is 0 Å². The van der Waals surface area contributed by atoms with Crippen molar-refractivity contribution in [2.75, 3.05) is 21.3 Å². The lowest BCUT2D eigenvalue weighted by Crippen LogP contribution is -2.21. The van der Waals surface area contributed by atoms with Crippen LogP contribution < -0.4 is 24.7 Å². The molecule has 8 nitrogen and oxygen atoms in total. The lowest BCUT2D eigenvalue weighted by molar-refractivity contribution is 0.323. The van der Waals surface area contributed by atoms with Crippen molar-refractivity contribution in [1.82, 2.24) is 10.2 Å². The summed E-state index contributed by atoms with van der Waals surface area (Å²) in [5, 5.41) is 19.7. The Bertz CT molecular complexity index is 1460. The number of nitrogens with two attached hydrogens (primary N) is 1. The van der Waals surface area contributed by atoms with E-state index in [1.807, 2.05) is 42.5 Å². The summed E-state index contributed by atoms with van der Waals surface area (Å²) in [6, 6.07) is 20.1. The van der Waals surface area contributed by atoms with Crippen LogP contribution in [0.15, 0.2) is 66.1 Å². The summed E-state index contributed by atoms with van der Waals surface area (Å²) < 4.78 is 22.3. The van der Waals surface area contributed by atoms with Crippen LogP contribution in [0.25, 0.3) is 22.0 Å². The number of nitriles is 1. The lowest BCUT2D eigenvalue weighted by atomic mass is 9.82. The SMILES string of the molecule is COc1cc([C@@H]2C(C#N)=C(N)Oc3n[nH]c(-c4ccc5ccccc5c4)c32)cc(OC)c1OC. The monoisotopic (exact) mass is 454 g/mol. The second kappa shape index (κ2) is 8.37. The average Bonchev–Trinajstić information content (AvgIpc) is 3.29. The number of ether oxygens (including phenoxy) is 4. The molecule has 1 aliphatic rings. The first-order valence-corrected chi connectivity index (χ1v) is 10.5. The first-order valence-electron chi connectivity index (χ1n) is 10.5. The van der Waals surface area contributed by atoms with Crippen molar-refractivity contribution >= 4 is 10.8 Å². The van der Waals surface area contributed by atoms with Gasteiger partial charge in [0.05, 0.1) is 38.5 Å². The van der Waals surface area contributed by atoms with Crippen LogP contribution in [0, 0.1) is 11.3 Å². The minimum absolute atomic E-state index is 0.00492. The van der Waals surface area contributed by atoms with E-state index >= 15 is 0 Å². The number of nitrogens with zero attached hydrogens (tertiary/aromatic N) is 2. The van der Waals surface area contributed by atoms with Crippen LogP contribution in [0.3, 0.4) is 0 Å². The molecule has 0 aliphatic carbocycles. The number of fused-ring (bicyclic) bond motifs is 2. The summed E-state index contributed by atoms with van der Waals surface area (Å²) in [5.74, 6) is 1.15. The molecule has 1 aliphatic heterocycles. The smallest absolute Gasteiger partial charge is 0.244 e. The molecule has 0 saturated carbocycles. The Hall–Kier alpha value is -4.64. The fraction of sp³-hybridized carbons (Fsp3) is 0.154. The molecule has 3 N–H and O–H groups in total. The third-order valence-corrected chi connectivity index (χ3v) is 6.00. The molecular weight excluding hydrogens is 432 g/mol. The fourth-order valence-corrected chi connectivity index (χ4v) is 4.41. The van der Waals surface area contributed by atoms with Crippen molar-refractivity contribution in [1.29, 1.82) is 5.26 Å². The van der Waals surface area contributed by atoms with E-state index < -0.39 is 5.92 Å². The van der Waals surface area contributed by atoms with E-state index in [4.69, 9.17) is 24.7 Å². The third-order valence-electron chi connectivity index (χ3n) is 6.00. The van der Waals surface area contributed by atoms with Gasteiger partial charge in [-0.1, -0.05) is 36.4 Å². The van der Waals surface area contributed by atoms with Crippen molar-refractivity contribution < 1.29 is 18.9 Å². The van der Waals surface area contributed by atoms with Gasteiger partial charge in [-0.25, -0.2) is 0 Å². The molecule has 1 atom stereocenters. The summed E-state index contributed by atoms with van der Waals surface area (Å²) >= 11 is 0. The Morgan fingerprint density at radius 2 is 1.68 bits per heavy atom. The van der Waals surface area contributed by atoms with Crippen molar-refractivity contribution in [2.45, 2.75) is 5.92 Å². The number of H-pyrrole nitrogens is 1. The maximum atomic E-state index is 10.0. The molecule has 34 heavy (non-hydrogen) atoms. The first kappa shape index (κ1) is 21.2. The average molecular weight is 454 g/mol. The predicted molar refractivity (Wildman–Crippen MR) is 127 cm³/mol. The Balaban J connectivity index is 1.75. The van der Waals surface area contributed by atoms with E-state index in [1.54, 1.807) is 21.3 Å². The topological polar surface area (TPSA) is 115 Å². The molecule has 170 valence electrons. The van der Waals surface area contributed by atoms with Gasteiger partial charge in [0.2, 0.25) is 17.5 Å². The minimum Gasteiger partial charge on any atom is -0.493 e. The fourth-order valence-electron chi connectivity index (χ4n) is 4.41. The molecule has 0 spiro atoms. The Kier molecular flexibility index (Phi) is 5.22. The molecule has 0 unspecified atom stereocenters. The summed E-state index contributed by atoms with van der Waals surface area (Å²) in [4.78, 5) is 0. The van der Waals surface area contributed by atoms with E-state index in [0.717, 1.165) is 27.6 Å². The van der Waals surface area contributed by atoms with Gasteiger partial charge in [0.15, 0.2) is 11.5 Å². The predicted octanol–water partition coefficient (Wildman–Crippen LogP) is 4.47. The summed E-state index contributed by atoms with van der Waals surface area (Å²) in [7, 11) is 4.63.